The molecule has 0 radical (unpaired) electrons. The maximum atomic E-state index is 5.31. The molecule has 0 amide bonds. The highest BCUT2D eigenvalue weighted by molar-refractivity contribution is 5.20. The standard InChI is InChI=1S/C14H23N3O/c1-2-9-15-14-16-13(17-18-14)12(10-5-3-6-10)11-7-4-8-11/h10-12H,2-9H2,1H3,(H,15,16,17). The van der Waals surface area contributed by atoms with Crippen LogP contribution in [0.1, 0.15) is 63.6 Å². The van der Waals surface area contributed by atoms with Crippen LogP contribution >= 0.6 is 0 Å². The molecule has 0 unspecified atom stereocenters. The van der Waals surface area contributed by atoms with E-state index >= 15 is 0 Å². The summed E-state index contributed by atoms with van der Waals surface area (Å²) in [5.74, 6) is 3.15. The monoisotopic (exact) mass is 249 g/mol. The van der Waals surface area contributed by atoms with Gasteiger partial charge in [0.25, 0.3) is 0 Å². The lowest BCUT2D eigenvalue weighted by molar-refractivity contribution is 0.141. The smallest absolute Gasteiger partial charge is 0.321 e. The van der Waals surface area contributed by atoms with E-state index in [1.54, 1.807) is 0 Å². The minimum atomic E-state index is 0.563. The predicted octanol–water partition coefficient (Wildman–Crippen LogP) is 3.58. The van der Waals surface area contributed by atoms with E-state index in [-0.39, 0.29) is 0 Å². The molecule has 2 saturated carbocycles. The highest BCUT2D eigenvalue weighted by atomic mass is 16.5. The second-order valence-corrected chi connectivity index (χ2v) is 5.79. The summed E-state index contributed by atoms with van der Waals surface area (Å²) in [6.07, 6.45) is 9.26. The molecule has 2 aliphatic carbocycles. The van der Waals surface area contributed by atoms with Crippen molar-refractivity contribution in [3.05, 3.63) is 5.82 Å². The van der Waals surface area contributed by atoms with Gasteiger partial charge < -0.3 is 9.84 Å². The van der Waals surface area contributed by atoms with Gasteiger partial charge in [0.05, 0.1) is 0 Å². The zero-order valence-corrected chi connectivity index (χ0v) is 11.2. The van der Waals surface area contributed by atoms with Crippen LogP contribution in [-0.4, -0.2) is 16.7 Å². The van der Waals surface area contributed by atoms with Gasteiger partial charge in [-0.05, 0) is 43.9 Å². The summed E-state index contributed by atoms with van der Waals surface area (Å²) in [5, 5.41) is 7.41. The summed E-state index contributed by atoms with van der Waals surface area (Å²) in [6.45, 7) is 3.04. The lowest BCUT2D eigenvalue weighted by Gasteiger charge is -2.40. The van der Waals surface area contributed by atoms with Crippen molar-refractivity contribution < 1.29 is 4.52 Å². The van der Waals surface area contributed by atoms with Crippen molar-refractivity contribution in [2.45, 2.75) is 57.8 Å². The highest BCUT2D eigenvalue weighted by Crippen LogP contribution is 2.49. The summed E-state index contributed by atoms with van der Waals surface area (Å²) in [7, 11) is 0. The summed E-state index contributed by atoms with van der Waals surface area (Å²) in [5.41, 5.74) is 0. The van der Waals surface area contributed by atoms with Crippen LogP contribution in [0.15, 0.2) is 4.52 Å². The molecule has 3 rings (SSSR count). The molecule has 4 nitrogen and oxygen atoms in total. The van der Waals surface area contributed by atoms with E-state index in [0.717, 1.165) is 30.6 Å². The average molecular weight is 249 g/mol. The Hall–Kier alpha value is -1.06. The maximum absolute atomic E-state index is 5.31. The molecule has 18 heavy (non-hydrogen) atoms. The molecular formula is C14H23N3O. The Morgan fingerprint density at radius 1 is 1.22 bits per heavy atom. The third-order valence-electron chi connectivity index (χ3n) is 4.58. The number of hydrogen-bond acceptors (Lipinski definition) is 4. The fourth-order valence-electron chi connectivity index (χ4n) is 3.08. The molecule has 1 aromatic heterocycles. The van der Waals surface area contributed by atoms with Crippen molar-refractivity contribution >= 4 is 6.01 Å². The Labute approximate surface area is 109 Å². The molecule has 0 aromatic carbocycles. The maximum Gasteiger partial charge on any atom is 0.321 e. The van der Waals surface area contributed by atoms with E-state index in [0.29, 0.717) is 11.9 Å². The Balaban J connectivity index is 1.70. The van der Waals surface area contributed by atoms with Crippen LogP contribution < -0.4 is 5.32 Å². The van der Waals surface area contributed by atoms with E-state index in [4.69, 9.17) is 4.52 Å². The van der Waals surface area contributed by atoms with Crippen molar-refractivity contribution in [2.24, 2.45) is 11.8 Å². The largest absolute Gasteiger partial charge is 0.338 e. The van der Waals surface area contributed by atoms with Gasteiger partial charge in [-0.25, -0.2) is 0 Å². The van der Waals surface area contributed by atoms with Crippen molar-refractivity contribution in [1.29, 1.82) is 0 Å². The third-order valence-corrected chi connectivity index (χ3v) is 4.58. The van der Waals surface area contributed by atoms with Gasteiger partial charge in [-0.2, -0.15) is 4.98 Å². The SMILES string of the molecule is CCCNc1nc(C(C2CCC2)C2CCC2)no1. The van der Waals surface area contributed by atoms with Crippen molar-refractivity contribution in [3.63, 3.8) is 0 Å². The Bertz CT molecular complexity index is 368. The average Bonchev–Trinajstić information content (AvgIpc) is 2.68. The lowest BCUT2D eigenvalue weighted by Crippen LogP contribution is -2.31. The first-order chi connectivity index (χ1) is 8.88. The van der Waals surface area contributed by atoms with Gasteiger partial charge in [0.15, 0.2) is 5.82 Å². The molecule has 1 heterocycles. The van der Waals surface area contributed by atoms with Gasteiger partial charge in [-0.1, -0.05) is 24.9 Å². The van der Waals surface area contributed by atoms with E-state index in [9.17, 15) is 0 Å². The van der Waals surface area contributed by atoms with Crippen molar-refractivity contribution in [1.82, 2.24) is 10.1 Å². The van der Waals surface area contributed by atoms with Gasteiger partial charge in [-0.15, -0.1) is 0 Å². The zero-order chi connectivity index (χ0) is 12.4. The van der Waals surface area contributed by atoms with Crippen LogP contribution in [0.4, 0.5) is 6.01 Å². The van der Waals surface area contributed by atoms with Crippen LogP contribution in [0.3, 0.4) is 0 Å². The summed E-state index contributed by atoms with van der Waals surface area (Å²) in [4.78, 5) is 4.57. The van der Waals surface area contributed by atoms with Crippen LogP contribution in [0, 0.1) is 11.8 Å². The number of nitrogens with one attached hydrogen (secondary N) is 1. The first kappa shape index (κ1) is 12.0. The fourth-order valence-corrected chi connectivity index (χ4v) is 3.08. The van der Waals surface area contributed by atoms with E-state index in [1.807, 2.05) is 0 Å². The van der Waals surface area contributed by atoms with Crippen LogP contribution in [0.5, 0.6) is 0 Å². The number of aromatic nitrogens is 2. The van der Waals surface area contributed by atoms with Gasteiger partial charge in [-0.3, -0.25) is 0 Å². The lowest BCUT2D eigenvalue weighted by atomic mass is 9.64. The highest BCUT2D eigenvalue weighted by Gasteiger charge is 2.39. The van der Waals surface area contributed by atoms with Crippen LogP contribution in [0.25, 0.3) is 0 Å². The summed E-state index contributed by atoms with van der Waals surface area (Å²) in [6, 6.07) is 0.607. The van der Waals surface area contributed by atoms with E-state index in [1.165, 1.54) is 38.5 Å². The number of nitrogens with zero attached hydrogens (tertiary/aromatic N) is 2. The van der Waals surface area contributed by atoms with E-state index in [2.05, 4.69) is 22.4 Å². The van der Waals surface area contributed by atoms with Gasteiger partial charge in [0, 0.05) is 12.5 Å². The Kier molecular flexibility index (Phi) is 3.52. The van der Waals surface area contributed by atoms with Crippen LogP contribution in [-0.2, 0) is 0 Å². The second kappa shape index (κ2) is 5.29. The van der Waals surface area contributed by atoms with Gasteiger partial charge in [0.1, 0.15) is 0 Å². The molecule has 0 atom stereocenters. The van der Waals surface area contributed by atoms with Gasteiger partial charge in [0.2, 0.25) is 0 Å². The van der Waals surface area contributed by atoms with Crippen molar-refractivity contribution in [3.8, 4) is 0 Å². The van der Waals surface area contributed by atoms with Crippen LogP contribution in [0.2, 0.25) is 0 Å². The molecule has 1 N–H and O–H groups in total. The molecule has 1 aromatic rings. The normalized spacial score (nSPS) is 20.8. The molecule has 0 spiro atoms. The predicted molar refractivity (Wildman–Crippen MR) is 70.5 cm³/mol. The first-order valence-electron chi connectivity index (χ1n) is 7.46. The Morgan fingerprint density at radius 2 is 1.89 bits per heavy atom. The van der Waals surface area contributed by atoms with E-state index < -0.39 is 0 Å². The Morgan fingerprint density at radius 3 is 2.39 bits per heavy atom. The number of anilines is 1. The first-order valence-corrected chi connectivity index (χ1v) is 7.46. The quantitative estimate of drug-likeness (QED) is 0.837. The molecule has 2 fully saturated rings. The molecular weight excluding hydrogens is 226 g/mol. The molecule has 0 bridgehead atoms. The number of hydrogen-bond donors (Lipinski definition) is 1. The third kappa shape index (κ3) is 2.25. The second-order valence-electron chi connectivity index (χ2n) is 5.79. The zero-order valence-electron chi connectivity index (χ0n) is 11.2. The molecule has 0 saturated heterocycles. The van der Waals surface area contributed by atoms with Crippen molar-refractivity contribution in [2.75, 3.05) is 11.9 Å². The number of rotatable bonds is 6. The molecule has 2 aliphatic rings. The topological polar surface area (TPSA) is 51.0 Å². The fraction of sp³-hybridized carbons (Fsp3) is 0.857. The molecule has 0 aliphatic heterocycles. The minimum absolute atomic E-state index is 0.563. The van der Waals surface area contributed by atoms with Gasteiger partial charge >= 0.3 is 6.01 Å². The minimum Gasteiger partial charge on any atom is -0.338 e. The summed E-state index contributed by atoms with van der Waals surface area (Å²) < 4.78 is 5.31. The molecule has 4 heteroatoms. The molecule has 100 valence electrons. The summed E-state index contributed by atoms with van der Waals surface area (Å²) >= 11 is 0.